The SMILES string of the molecule is CCOc1ccccc1Nc1cc(NN)nc(C2CC2)n1. The van der Waals surface area contributed by atoms with Crippen molar-refractivity contribution in [3.8, 4) is 5.75 Å². The van der Waals surface area contributed by atoms with Gasteiger partial charge in [0.2, 0.25) is 0 Å². The molecular formula is C15H19N5O. The zero-order chi connectivity index (χ0) is 14.7. The largest absolute Gasteiger partial charge is 0.492 e. The second kappa shape index (κ2) is 5.97. The number of hydrogen-bond donors (Lipinski definition) is 3. The molecular weight excluding hydrogens is 266 g/mol. The molecule has 3 rings (SSSR count). The molecule has 0 radical (unpaired) electrons. The van der Waals surface area contributed by atoms with Crippen LogP contribution in [0.15, 0.2) is 30.3 Å². The van der Waals surface area contributed by atoms with Crippen LogP contribution in [0.4, 0.5) is 17.3 Å². The van der Waals surface area contributed by atoms with Gasteiger partial charge in [-0.3, -0.25) is 0 Å². The van der Waals surface area contributed by atoms with E-state index >= 15 is 0 Å². The number of nitrogens with zero attached hydrogens (tertiary/aromatic N) is 2. The third-order valence-corrected chi connectivity index (χ3v) is 3.28. The van der Waals surface area contributed by atoms with Gasteiger partial charge in [0, 0.05) is 12.0 Å². The smallest absolute Gasteiger partial charge is 0.145 e. The zero-order valence-corrected chi connectivity index (χ0v) is 12.0. The van der Waals surface area contributed by atoms with E-state index in [-0.39, 0.29) is 0 Å². The lowest BCUT2D eigenvalue weighted by atomic mass is 10.3. The summed E-state index contributed by atoms with van der Waals surface area (Å²) in [6.45, 7) is 2.58. The van der Waals surface area contributed by atoms with Crippen molar-refractivity contribution < 1.29 is 4.74 Å². The number of aromatic nitrogens is 2. The van der Waals surface area contributed by atoms with Crippen LogP contribution in [0.25, 0.3) is 0 Å². The van der Waals surface area contributed by atoms with E-state index in [4.69, 9.17) is 10.6 Å². The average molecular weight is 285 g/mol. The Morgan fingerprint density at radius 1 is 1.24 bits per heavy atom. The standard InChI is InChI=1S/C15H19N5O/c1-2-21-12-6-4-3-5-11(12)17-13-9-14(20-16)19-15(18-13)10-7-8-10/h3-6,9-10H,2,7-8,16H2,1H3,(H2,17,18,19,20). The van der Waals surface area contributed by atoms with Crippen molar-refractivity contribution >= 4 is 17.3 Å². The van der Waals surface area contributed by atoms with Crippen LogP contribution >= 0.6 is 0 Å². The Hall–Kier alpha value is -2.34. The van der Waals surface area contributed by atoms with Crippen LogP contribution in [-0.4, -0.2) is 16.6 Å². The normalized spacial score (nSPS) is 13.8. The highest BCUT2D eigenvalue weighted by Gasteiger charge is 2.27. The average Bonchev–Trinajstić information content (AvgIpc) is 3.34. The van der Waals surface area contributed by atoms with E-state index in [9.17, 15) is 0 Å². The maximum Gasteiger partial charge on any atom is 0.145 e. The van der Waals surface area contributed by atoms with Crippen molar-refractivity contribution in [2.45, 2.75) is 25.7 Å². The highest BCUT2D eigenvalue weighted by Crippen LogP contribution is 2.39. The van der Waals surface area contributed by atoms with Crippen LogP contribution in [0.3, 0.4) is 0 Å². The number of hydrazine groups is 1. The summed E-state index contributed by atoms with van der Waals surface area (Å²) in [6, 6.07) is 9.57. The van der Waals surface area contributed by atoms with Crippen LogP contribution in [-0.2, 0) is 0 Å². The molecule has 0 unspecified atom stereocenters. The molecule has 2 aromatic rings. The van der Waals surface area contributed by atoms with Crippen molar-refractivity contribution in [3.05, 3.63) is 36.2 Å². The number of hydrogen-bond acceptors (Lipinski definition) is 6. The van der Waals surface area contributed by atoms with Gasteiger partial charge in [-0.1, -0.05) is 12.1 Å². The first-order valence-electron chi connectivity index (χ1n) is 7.14. The molecule has 0 spiro atoms. The molecule has 110 valence electrons. The molecule has 1 aromatic carbocycles. The molecule has 4 N–H and O–H groups in total. The monoisotopic (exact) mass is 285 g/mol. The highest BCUT2D eigenvalue weighted by molar-refractivity contribution is 5.65. The van der Waals surface area contributed by atoms with Gasteiger partial charge in [-0.25, -0.2) is 15.8 Å². The summed E-state index contributed by atoms with van der Waals surface area (Å²) in [5, 5.41) is 3.28. The van der Waals surface area contributed by atoms with Crippen LogP contribution in [0.5, 0.6) is 5.75 Å². The lowest BCUT2D eigenvalue weighted by Gasteiger charge is -2.13. The van der Waals surface area contributed by atoms with Gasteiger partial charge >= 0.3 is 0 Å². The molecule has 0 aliphatic heterocycles. The van der Waals surface area contributed by atoms with E-state index in [1.807, 2.05) is 31.2 Å². The Labute approximate surface area is 123 Å². The first-order chi connectivity index (χ1) is 10.3. The fourth-order valence-corrected chi connectivity index (χ4v) is 2.12. The molecule has 6 nitrogen and oxygen atoms in total. The summed E-state index contributed by atoms with van der Waals surface area (Å²) in [4.78, 5) is 8.96. The summed E-state index contributed by atoms with van der Waals surface area (Å²) < 4.78 is 5.61. The topological polar surface area (TPSA) is 85.1 Å². The third-order valence-electron chi connectivity index (χ3n) is 3.28. The summed E-state index contributed by atoms with van der Waals surface area (Å²) in [5.41, 5.74) is 3.47. The fraction of sp³-hybridized carbons (Fsp3) is 0.333. The Kier molecular flexibility index (Phi) is 3.87. The van der Waals surface area contributed by atoms with Crippen molar-refractivity contribution in [3.63, 3.8) is 0 Å². The van der Waals surface area contributed by atoms with Gasteiger partial charge in [0.25, 0.3) is 0 Å². The minimum Gasteiger partial charge on any atom is -0.492 e. The minimum atomic E-state index is 0.459. The lowest BCUT2D eigenvalue weighted by molar-refractivity contribution is 0.342. The van der Waals surface area contributed by atoms with E-state index in [1.54, 1.807) is 6.07 Å². The molecule has 21 heavy (non-hydrogen) atoms. The number of benzene rings is 1. The molecule has 1 aliphatic carbocycles. The van der Waals surface area contributed by atoms with Crippen molar-refractivity contribution in [1.29, 1.82) is 0 Å². The van der Waals surface area contributed by atoms with E-state index in [1.165, 1.54) is 0 Å². The van der Waals surface area contributed by atoms with Crippen molar-refractivity contribution in [1.82, 2.24) is 9.97 Å². The van der Waals surface area contributed by atoms with Crippen LogP contribution in [0.2, 0.25) is 0 Å². The zero-order valence-electron chi connectivity index (χ0n) is 12.0. The minimum absolute atomic E-state index is 0.459. The first-order valence-corrected chi connectivity index (χ1v) is 7.14. The van der Waals surface area contributed by atoms with Crippen LogP contribution in [0, 0.1) is 0 Å². The molecule has 6 heteroatoms. The molecule has 1 aromatic heterocycles. The van der Waals surface area contributed by atoms with E-state index in [0.717, 1.165) is 30.1 Å². The number of para-hydroxylation sites is 2. The van der Waals surface area contributed by atoms with E-state index < -0.39 is 0 Å². The molecule has 1 aliphatic rings. The molecule has 1 fully saturated rings. The number of ether oxygens (including phenoxy) is 1. The summed E-state index contributed by atoms with van der Waals surface area (Å²) in [7, 11) is 0. The van der Waals surface area contributed by atoms with Gasteiger partial charge in [0.1, 0.15) is 23.2 Å². The Morgan fingerprint density at radius 2 is 2.00 bits per heavy atom. The molecule has 0 saturated heterocycles. The maximum atomic E-state index is 5.61. The maximum absolute atomic E-state index is 5.61. The highest BCUT2D eigenvalue weighted by atomic mass is 16.5. The van der Waals surface area contributed by atoms with Gasteiger partial charge in [-0.05, 0) is 31.9 Å². The quantitative estimate of drug-likeness (QED) is 0.559. The molecule has 1 heterocycles. The number of nitrogens with two attached hydrogens (primary N) is 1. The summed E-state index contributed by atoms with van der Waals surface area (Å²) >= 11 is 0. The third kappa shape index (κ3) is 3.22. The Morgan fingerprint density at radius 3 is 2.71 bits per heavy atom. The second-order valence-corrected chi connectivity index (χ2v) is 4.97. The van der Waals surface area contributed by atoms with E-state index in [0.29, 0.717) is 24.2 Å². The molecule has 0 bridgehead atoms. The van der Waals surface area contributed by atoms with Crippen LogP contribution < -0.4 is 21.3 Å². The summed E-state index contributed by atoms with van der Waals surface area (Å²) in [6.07, 6.45) is 2.28. The van der Waals surface area contributed by atoms with Gasteiger partial charge in [-0.15, -0.1) is 0 Å². The predicted molar refractivity (Wildman–Crippen MR) is 82.7 cm³/mol. The fourth-order valence-electron chi connectivity index (χ4n) is 2.12. The van der Waals surface area contributed by atoms with Crippen molar-refractivity contribution in [2.75, 3.05) is 17.3 Å². The second-order valence-electron chi connectivity index (χ2n) is 4.97. The molecule has 0 atom stereocenters. The number of anilines is 3. The van der Waals surface area contributed by atoms with Crippen molar-refractivity contribution in [2.24, 2.45) is 5.84 Å². The Balaban J connectivity index is 1.88. The first kappa shape index (κ1) is 13.6. The number of nitrogens with one attached hydrogen (secondary N) is 2. The molecule has 0 amide bonds. The lowest BCUT2D eigenvalue weighted by Crippen LogP contribution is -2.11. The molecule has 1 saturated carbocycles. The van der Waals surface area contributed by atoms with Gasteiger partial charge in [0.05, 0.1) is 12.3 Å². The number of nitrogen functional groups attached to an aromatic ring is 1. The summed E-state index contributed by atoms with van der Waals surface area (Å²) in [5.74, 6) is 8.91. The van der Waals surface area contributed by atoms with Gasteiger partial charge in [0.15, 0.2) is 0 Å². The van der Waals surface area contributed by atoms with Gasteiger partial charge in [-0.2, -0.15) is 0 Å². The van der Waals surface area contributed by atoms with E-state index in [2.05, 4.69) is 20.7 Å². The van der Waals surface area contributed by atoms with Crippen LogP contribution in [0.1, 0.15) is 31.5 Å². The Bertz CT molecular complexity index is 627. The predicted octanol–water partition coefficient (Wildman–Crippen LogP) is 2.78. The van der Waals surface area contributed by atoms with Gasteiger partial charge < -0.3 is 15.5 Å². The number of rotatable bonds is 6.